The topological polar surface area (TPSA) is 12.0 Å². The maximum atomic E-state index is 13.5. The second kappa shape index (κ2) is 6.27. The van der Waals surface area contributed by atoms with Crippen molar-refractivity contribution >= 4 is 28.9 Å². The van der Waals surface area contributed by atoms with E-state index in [-0.39, 0.29) is 11.9 Å². The van der Waals surface area contributed by atoms with E-state index in [2.05, 4.69) is 5.32 Å². The quantitative estimate of drug-likeness (QED) is 0.820. The van der Waals surface area contributed by atoms with E-state index in [4.69, 9.17) is 23.2 Å². The molecule has 0 aliphatic rings. The first-order valence-electron chi connectivity index (χ1n) is 6.01. The van der Waals surface area contributed by atoms with Crippen molar-refractivity contribution in [1.82, 2.24) is 0 Å². The van der Waals surface area contributed by atoms with Gasteiger partial charge in [0.1, 0.15) is 5.82 Å². The summed E-state index contributed by atoms with van der Waals surface area (Å²) in [6.45, 7) is 1.99. The zero-order valence-corrected chi connectivity index (χ0v) is 12.0. The van der Waals surface area contributed by atoms with Crippen LogP contribution < -0.4 is 5.32 Å². The molecule has 1 nitrogen and oxygen atoms in total. The maximum absolute atomic E-state index is 13.5. The Morgan fingerprint density at radius 2 is 1.84 bits per heavy atom. The zero-order chi connectivity index (χ0) is 13.8. The van der Waals surface area contributed by atoms with E-state index in [0.717, 1.165) is 5.69 Å². The van der Waals surface area contributed by atoms with Gasteiger partial charge in [-0.3, -0.25) is 0 Å². The second-order valence-corrected chi connectivity index (χ2v) is 5.28. The van der Waals surface area contributed by atoms with Gasteiger partial charge in [0.05, 0.1) is 10.0 Å². The predicted octanol–water partition coefficient (Wildman–Crippen LogP) is 5.18. The lowest BCUT2D eigenvalue weighted by molar-refractivity contribution is 0.601. The summed E-state index contributed by atoms with van der Waals surface area (Å²) in [4.78, 5) is 0. The van der Waals surface area contributed by atoms with Gasteiger partial charge in [0.2, 0.25) is 0 Å². The molecule has 0 saturated carbocycles. The Labute approximate surface area is 122 Å². The van der Waals surface area contributed by atoms with E-state index in [1.807, 2.05) is 19.1 Å². The molecule has 2 aromatic carbocycles. The number of hydrogen-bond donors (Lipinski definition) is 1. The summed E-state index contributed by atoms with van der Waals surface area (Å²) in [5.41, 5.74) is 1.57. The van der Waals surface area contributed by atoms with Gasteiger partial charge in [-0.15, -0.1) is 0 Å². The number of rotatable bonds is 4. The highest BCUT2D eigenvalue weighted by Crippen LogP contribution is 2.25. The molecule has 1 unspecified atom stereocenters. The smallest absolute Gasteiger partial charge is 0.126 e. The minimum atomic E-state index is -0.176. The third-order valence-electron chi connectivity index (χ3n) is 2.82. The average molecular weight is 298 g/mol. The fourth-order valence-corrected chi connectivity index (χ4v) is 2.21. The van der Waals surface area contributed by atoms with Crippen LogP contribution in [0.5, 0.6) is 0 Å². The average Bonchev–Trinajstić information content (AvgIpc) is 2.37. The summed E-state index contributed by atoms with van der Waals surface area (Å²) in [6, 6.07) is 12.2. The molecule has 0 bridgehead atoms. The highest BCUT2D eigenvalue weighted by Gasteiger charge is 2.08. The van der Waals surface area contributed by atoms with E-state index in [9.17, 15) is 4.39 Å². The maximum Gasteiger partial charge on any atom is 0.126 e. The van der Waals surface area contributed by atoms with E-state index in [0.29, 0.717) is 22.0 Å². The largest absolute Gasteiger partial charge is 0.382 e. The zero-order valence-electron chi connectivity index (χ0n) is 10.5. The SMILES string of the molecule is CC(Cc1ccccc1F)Nc1ccc(Cl)c(Cl)c1. The molecule has 0 spiro atoms. The molecule has 0 aliphatic carbocycles. The van der Waals surface area contributed by atoms with Crippen LogP contribution in [0.2, 0.25) is 10.0 Å². The molecule has 1 atom stereocenters. The van der Waals surface area contributed by atoms with E-state index < -0.39 is 0 Å². The molecule has 0 heterocycles. The third-order valence-corrected chi connectivity index (χ3v) is 3.56. The number of halogens is 3. The Morgan fingerprint density at radius 1 is 1.11 bits per heavy atom. The molecule has 0 radical (unpaired) electrons. The molecule has 1 N–H and O–H groups in total. The van der Waals surface area contributed by atoms with Gasteiger partial charge in [-0.2, -0.15) is 0 Å². The van der Waals surface area contributed by atoms with Gasteiger partial charge in [-0.25, -0.2) is 4.39 Å². The Morgan fingerprint density at radius 3 is 2.53 bits per heavy atom. The van der Waals surface area contributed by atoms with Gasteiger partial charge in [0, 0.05) is 11.7 Å². The van der Waals surface area contributed by atoms with Crippen LogP contribution in [0.25, 0.3) is 0 Å². The summed E-state index contributed by atoms with van der Waals surface area (Å²) in [5.74, 6) is -0.176. The first kappa shape index (κ1) is 14.2. The van der Waals surface area contributed by atoms with Crippen LogP contribution in [0.4, 0.5) is 10.1 Å². The fourth-order valence-electron chi connectivity index (χ4n) is 1.92. The van der Waals surface area contributed by atoms with Crippen LogP contribution in [0.15, 0.2) is 42.5 Å². The van der Waals surface area contributed by atoms with Gasteiger partial charge in [-0.1, -0.05) is 41.4 Å². The van der Waals surface area contributed by atoms with Gasteiger partial charge in [0.25, 0.3) is 0 Å². The summed E-state index contributed by atoms with van der Waals surface area (Å²) >= 11 is 11.8. The Hall–Kier alpha value is -1.25. The van der Waals surface area contributed by atoms with Gasteiger partial charge in [-0.05, 0) is 43.2 Å². The van der Waals surface area contributed by atoms with Crippen molar-refractivity contribution in [1.29, 1.82) is 0 Å². The van der Waals surface area contributed by atoms with Crippen molar-refractivity contribution in [3.63, 3.8) is 0 Å². The predicted molar refractivity (Wildman–Crippen MR) is 79.7 cm³/mol. The van der Waals surface area contributed by atoms with Crippen molar-refractivity contribution in [2.24, 2.45) is 0 Å². The number of hydrogen-bond acceptors (Lipinski definition) is 1. The Bertz CT molecular complexity index is 572. The molecule has 0 amide bonds. The normalized spacial score (nSPS) is 12.2. The highest BCUT2D eigenvalue weighted by atomic mass is 35.5. The van der Waals surface area contributed by atoms with Gasteiger partial charge >= 0.3 is 0 Å². The van der Waals surface area contributed by atoms with Crippen LogP contribution in [-0.2, 0) is 6.42 Å². The van der Waals surface area contributed by atoms with Gasteiger partial charge in [0.15, 0.2) is 0 Å². The van der Waals surface area contributed by atoms with Crippen LogP contribution in [0, 0.1) is 5.82 Å². The van der Waals surface area contributed by atoms with Crippen molar-refractivity contribution in [2.45, 2.75) is 19.4 Å². The molecule has 4 heteroatoms. The number of benzene rings is 2. The van der Waals surface area contributed by atoms with Crippen LogP contribution in [0.1, 0.15) is 12.5 Å². The van der Waals surface area contributed by atoms with Crippen molar-refractivity contribution in [2.75, 3.05) is 5.32 Å². The molecule has 0 fully saturated rings. The van der Waals surface area contributed by atoms with Crippen molar-refractivity contribution < 1.29 is 4.39 Å². The van der Waals surface area contributed by atoms with Gasteiger partial charge < -0.3 is 5.32 Å². The first-order chi connectivity index (χ1) is 9.06. The van der Waals surface area contributed by atoms with Crippen LogP contribution in [-0.4, -0.2) is 6.04 Å². The lowest BCUT2D eigenvalue weighted by atomic mass is 10.1. The monoisotopic (exact) mass is 297 g/mol. The lowest BCUT2D eigenvalue weighted by Crippen LogP contribution is -2.18. The fraction of sp³-hybridized carbons (Fsp3) is 0.200. The molecule has 2 aromatic rings. The molecule has 100 valence electrons. The summed E-state index contributed by atoms with van der Waals surface area (Å²) in [7, 11) is 0. The van der Waals surface area contributed by atoms with E-state index in [1.165, 1.54) is 6.07 Å². The number of anilines is 1. The Kier molecular flexibility index (Phi) is 4.67. The first-order valence-corrected chi connectivity index (χ1v) is 6.77. The van der Waals surface area contributed by atoms with Crippen LogP contribution >= 0.6 is 23.2 Å². The molecule has 0 saturated heterocycles. The van der Waals surface area contributed by atoms with Crippen molar-refractivity contribution in [3.8, 4) is 0 Å². The minimum Gasteiger partial charge on any atom is -0.382 e. The lowest BCUT2D eigenvalue weighted by Gasteiger charge is -2.16. The van der Waals surface area contributed by atoms with E-state index in [1.54, 1.807) is 24.3 Å². The molecular formula is C15H14Cl2FN. The summed E-state index contributed by atoms with van der Waals surface area (Å²) in [5, 5.41) is 4.30. The molecular weight excluding hydrogens is 284 g/mol. The summed E-state index contributed by atoms with van der Waals surface area (Å²) < 4.78 is 13.5. The molecule has 2 rings (SSSR count). The molecule has 19 heavy (non-hydrogen) atoms. The number of nitrogens with one attached hydrogen (secondary N) is 1. The standard InChI is InChI=1S/C15H14Cl2FN/c1-10(8-11-4-2-3-5-15(11)18)19-12-6-7-13(16)14(17)9-12/h2-7,9-10,19H,8H2,1H3. The highest BCUT2D eigenvalue weighted by molar-refractivity contribution is 6.42. The molecule has 0 aromatic heterocycles. The Balaban J connectivity index is 2.03. The third kappa shape index (κ3) is 3.85. The molecule has 0 aliphatic heterocycles. The van der Waals surface area contributed by atoms with Crippen LogP contribution in [0.3, 0.4) is 0 Å². The van der Waals surface area contributed by atoms with Crippen molar-refractivity contribution in [3.05, 3.63) is 63.9 Å². The summed E-state index contributed by atoms with van der Waals surface area (Å²) in [6.07, 6.45) is 0.604. The minimum absolute atomic E-state index is 0.0918. The second-order valence-electron chi connectivity index (χ2n) is 4.47. The van der Waals surface area contributed by atoms with E-state index >= 15 is 0 Å².